The Labute approximate surface area is 112 Å². The van der Waals surface area contributed by atoms with Crippen molar-refractivity contribution >= 4 is 11.6 Å². The second-order valence-electron chi connectivity index (χ2n) is 5.05. The lowest BCUT2D eigenvalue weighted by molar-refractivity contribution is 0.0728. The molecule has 2 atom stereocenters. The summed E-state index contributed by atoms with van der Waals surface area (Å²) >= 11 is 0. The van der Waals surface area contributed by atoms with Crippen molar-refractivity contribution in [2.45, 2.75) is 31.9 Å². The SMILES string of the molecule is CNc1c(F)cccc1C(=O)NC1(C)CCOC1C. The zero-order valence-corrected chi connectivity index (χ0v) is 11.4. The van der Waals surface area contributed by atoms with E-state index in [0.29, 0.717) is 12.2 Å². The highest BCUT2D eigenvalue weighted by atomic mass is 19.1. The standard InChI is InChI=1S/C14H19FN2O2/c1-9-14(2,7-8-19-9)17-13(18)10-5-4-6-11(15)12(10)16-3/h4-6,9,16H,7-8H2,1-3H3,(H,17,18). The lowest BCUT2D eigenvalue weighted by Gasteiger charge is -2.29. The van der Waals surface area contributed by atoms with Gasteiger partial charge in [-0.15, -0.1) is 0 Å². The van der Waals surface area contributed by atoms with Crippen LogP contribution in [-0.2, 0) is 4.74 Å². The molecule has 0 radical (unpaired) electrons. The van der Waals surface area contributed by atoms with Gasteiger partial charge in [0.15, 0.2) is 0 Å². The fourth-order valence-corrected chi connectivity index (χ4v) is 2.29. The Balaban J connectivity index is 2.23. The van der Waals surface area contributed by atoms with Gasteiger partial charge in [0.05, 0.1) is 22.9 Å². The summed E-state index contributed by atoms with van der Waals surface area (Å²) < 4.78 is 19.1. The van der Waals surface area contributed by atoms with Gasteiger partial charge in [0.25, 0.3) is 5.91 Å². The summed E-state index contributed by atoms with van der Waals surface area (Å²) in [6, 6.07) is 4.46. The summed E-state index contributed by atoms with van der Waals surface area (Å²) in [4.78, 5) is 12.3. The number of halogens is 1. The molecule has 1 heterocycles. The lowest BCUT2D eigenvalue weighted by Crippen LogP contribution is -2.50. The molecule has 0 saturated carbocycles. The van der Waals surface area contributed by atoms with Gasteiger partial charge in [-0.1, -0.05) is 6.07 Å². The number of para-hydroxylation sites is 1. The third kappa shape index (κ3) is 2.56. The smallest absolute Gasteiger partial charge is 0.253 e. The average Bonchev–Trinajstić information content (AvgIpc) is 2.69. The zero-order valence-electron chi connectivity index (χ0n) is 11.4. The summed E-state index contributed by atoms with van der Waals surface area (Å²) in [7, 11) is 1.60. The first-order valence-electron chi connectivity index (χ1n) is 6.38. The number of carbonyl (C=O) groups is 1. The largest absolute Gasteiger partial charge is 0.385 e. The fourth-order valence-electron chi connectivity index (χ4n) is 2.29. The summed E-state index contributed by atoms with van der Waals surface area (Å²) in [5.74, 6) is -0.722. The number of amides is 1. The fraction of sp³-hybridized carbons (Fsp3) is 0.500. The molecule has 1 amide bonds. The molecule has 1 saturated heterocycles. The van der Waals surface area contributed by atoms with Crippen molar-refractivity contribution in [1.82, 2.24) is 5.32 Å². The first-order chi connectivity index (χ1) is 8.98. The van der Waals surface area contributed by atoms with Gasteiger partial charge in [0.2, 0.25) is 0 Å². The molecule has 1 aliphatic rings. The van der Waals surface area contributed by atoms with E-state index in [1.54, 1.807) is 13.1 Å². The highest BCUT2D eigenvalue weighted by Crippen LogP contribution is 2.27. The van der Waals surface area contributed by atoms with Crippen LogP contribution in [0, 0.1) is 5.82 Å². The highest BCUT2D eigenvalue weighted by molar-refractivity contribution is 6.00. The molecule has 4 nitrogen and oxygen atoms in total. The molecule has 19 heavy (non-hydrogen) atoms. The minimum absolute atomic E-state index is 0.0527. The third-order valence-corrected chi connectivity index (χ3v) is 3.79. The van der Waals surface area contributed by atoms with E-state index in [9.17, 15) is 9.18 Å². The van der Waals surface area contributed by atoms with Gasteiger partial charge in [-0.2, -0.15) is 0 Å². The van der Waals surface area contributed by atoms with Gasteiger partial charge in [0.1, 0.15) is 5.82 Å². The Morgan fingerprint density at radius 2 is 2.26 bits per heavy atom. The van der Waals surface area contributed by atoms with Crippen LogP contribution in [0.15, 0.2) is 18.2 Å². The molecule has 1 aromatic carbocycles. The molecule has 0 spiro atoms. The van der Waals surface area contributed by atoms with E-state index < -0.39 is 11.4 Å². The van der Waals surface area contributed by atoms with E-state index in [1.807, 2.05) is 13.8 Å². The number of nitrogens with one attached hydrogen (secondary N) is 2. The van der Waals surface area contributed by atoms with Crippen molar-refractivity contribution in [3.8, 4) is 0 Å². The zero-order chi connectivity index (χ0) is 14.0. The van der Waals surface area contributed by atoms with E-state index in [-0.39, 0.29) is 17.7 Å². The maximum Gasteiger partial charge on any atom is 0.253 e. The van der Waals surface area contributed by atoms with Crippen LogP contribution in [0.4, 0.5) is 10.1 Å². The summed E-state index contributed by atoms with van der Waals surface area (Å²) in [6.45, 7) is 4.50. The van der Waals surface area contributed by atoms with Crippen molar-refractivity contribution in [2.24, 2.45) is 0 Å². The summed E-state index contributed by atoms with van der Waals surface area (Å²) in [5.41, 5.74) is 0.118. The average molecular weight is 266 g/mol. The Hall–Kier alpha value is -1.62. The Morgan fingerprint density at radius 3 is 2.84 bits per heavy atom. The Kier molecular flexibility index (Phi) is 3.75. The quantitative estimate of drug-likeness (QED) is 0.881. The molecule has 0 aromatic heterocycles. The lowest BCUT2D eigenvalue weighted by atomic mass is 9.94. The minimum Gasteiger partial charge on any atom is -0.385 e. The Morgan fingerprint density at radius 1 is 1.53 bits per heavy atom. The third-order valence-electron chi connectivity index (χ3n) is 3.79. The number of rotatable bonds is 3. The molecule has 0 aliphatic carbocycles. The van der Waals surface area contributed by atoms with Gasteiger partial charge in [-0.25, -0.2) is 4.39 Å². The van der Waals surface area contributed by atoms with Crippen molar-refractivity contribution < 1.29 is 13.9 Å². The number of benzene rings is 1. The van der Waals surface area contributed by atoms with E-state index in [1.165, 1.54) is 12.1 Å². The van der Waals surface area contributed by atoms with Crippen molar-refractivity contribution in [3.05, 3.63) is 29.6 Å². The van der Waals surface area contributed by atoms with Crippen LogP contribution in [0.1, 0.15) is 30.6 Å². The van der Waals surface area contributed by atoms with Crippen LogP contribution in [-0.4, -0.2) is 31.2 Å². The van der Waals surface area contributed by atoms with Crippen LogP contribution < -0.4 is 10.6 Å². The molecule has 5 heteroatoms. The van der Waals surface area contributed by atoms with Crippen molar-refractivity contribution in [3.63, 3.8) is 0 Å². The van der Waals surface area contributed by atoms with E-state index in [4.69, 9.17) is 4.74 Å². The summed E-state index contributed by atoms with van der Waals surface area (Å²) in [6.07, 6.45) is 0.701. The predicted octanol–water partition coefficient (Wildman–Crippen LogP) is 2.16. The van der Waals surface area contributed by atoms with Gasteiger partial charge in [-0.3, -0.25) is 4.79 Å². The van der Waals surface area contributed by atoms with Crippen LogP contribution in [0.5, 0.6) is 0 Å². The minimum atomic E-state index is -0.434. The van der Waals surface area contributed by atoms with E-state index >= 15 is 0 Å². The highest BCUT2D eigenvalue weighted by Gasteiger charge is 2.38. The second-order valence-corrected chi connectivity index (χ2v) is 5.05. The van der Waals surface area contributed by atoms with Gasteiger partial charge in [-0.05, 0) is 32.4 Å². The Bertz CT molecular complexity index is 492. The molecule has 1 aromatic rings. The molecule has 2 N–H and O–H groups in total. The number of anilines is 1. The molecule has 104 valence electrons. The molecule has 1 fully saturated rings. The van der Waals surface area contributed by atoms with Gasteiger partial charge in [0, 0.05) is 13.7 Å². The second kappa shape index (κ2) is 5.17. The molecule has 2 unspecified atom stereocenters. The molecule has 1 aliphatic heterocycles. The topological polar surface area (TPSA) is 50.4 Å². The maximum absolute atomic E-state index is 13.6. The molecule has 2 rings (SSSR count). The number of carbonyl (C=O) groups excluding carboxylic acids is 1. The van der Waals surface area contributed by atoms with Gasteiger partial charge >= 0.3 is 0 Å². The number of ether oxygens (including phenoxy) is 1. The van der Waals surface area contributed by atoms with Gasteiger partial charge < -0.3 is 15.4 Å². The number of hydrogen-bond donors (Lipinski definition) is 2. The van der Waals surface area contributed by atoms with E-state index in [0.717, 1.165) is 6.42 Å². The van der Waals surface area contributed by atoms with E-state index in [2.05, 4.69) is 10.6 Å². The normalized spacial score (nSPS) is 26.2. The van der Waals surface area contributed by atoms with Crippen molar-refractivity contribution in [2.75, 3.05) is 19.0 Å². The first-order valence-corrected chi connectivity index (χ1v) is 6.38. The molecular formula is C14H19FN2O2. The van der Waals surface area contributed by atoms with Crippen LogP contribution in [0.2, 0.25) is 0 Å². The molecule has 0 bridgehead atoms. The monoisotopic (exact) mass is 266 g/mol. The predicted molar refractivity (Wildman–Crippen MR) is 71.8 cm³/mol. The first kappa shape index (κ1) is 13.8. The van der Waals surface area contributed by atoms with Crippen molar-refractivity contribution in [1.29, 1.82) is 0 Å². The maximum atomic E-state index is 13.6. The number of hydrogen-bond acceptors (Lipinski definition) is 3. The summed E-state index contributed by atoms with van der Waals surface area (Å²) in [5, 5.41) is 5.68. The van der Waals surface area contributed by atoms with Crippen LogP contribution in [0.25, 0.3) is 0 Å². The van der Waals surface area contributed by atoms with Crippen LogP contribution >= 0.6 is 0 Å². The van der Waals surface area contributed by atoms with Crippen LogP contribution in [0.3, 0.4) is 0 Å². The molecular weight excluding hydrogens is 247 g/mol.